The van der Waals surface area contributed by atoms with Crippen LogP contribution >= 0.6 is 7.92 Å². The number of fused-ring (bicyclic) bond motifs is 3. The Morgan fingerprint density at radius 1 is 0.844 bits per heavy atom. The molecule has 2 aromatic carbocycles. The van der Waals surface area contributed by atoms with E-state index in [2.05, 4.69) is 31.2 Å². The third-order valence-corrected chi connectivity index (χ3v) is 12.7. The van der Waals surface area contributed by atoms with Crippen LogP contribution in [0.2, 0.25) is 0 Å². The molecule has 0 aromatic heterocycles. The molecule has 2 fully saturated rings. The van der Waals surface area contributed by atoms with Crippen LogP contribution in [-0.2, 0) is 10.1 Å². The molecule has 0 amide bonds. The Balaban J connectivity index is 1.77. The van der Waals surface area contributed by atoms with E-state index in [1.54, 1.807) is 6.07 Å². The van der Waals surface area contributed by atoms with Crippen molar-refractivity contribution in [2.45, 2.75) is 99.7 Å². The van der Waals surface area contributed by atoms with Gasteiger partial charge >= 0.3 is 0 Å². The third kappa shape index (κ3) is 3.97. The molecule has 2 saturated carbocycles. The Hall–Kier alpha value is -1.22. The van der Waals surface area contributed by atoms with Gasteiger partial charge in [-0.15, -0.1) is 0 Å². The molecular weight excluding hydrogens is 435 g/mol. The first-order chi connectivity index (χ1) is 15.5. The Morgan fingerprint density at radius 3 is 2.00 bits per heavy atom. The van der Waals surface area contributed by atoms with E-state index < -0.39 is 18.0 Å². The highest BCUT2D eigenvalue weighted by atomic mass is 32.2. The van der Waals surface area contributed by atoms with E-state index >= 15 is 0 Å². The van der Waals surface area contributed by atoms with Gasteiger partial charge in [0.25, 0.3) is 10.1 Å². The molecule has 3 nitrogen and oxygen atoms in total. The zero-order valence-corrected chi connectivity index (χ0v) is 20.8. The van der Waals surface area contributed by atoms with E-state index in [-0.39, 0.29) is 10.8 Å². The average molecular weight is 471 g/mol. The maximum absolute atomic E-state index is 12.8. The molecule has 3 aliphatic carbocycles. The van der Waals surface area contributed by atoms with Gasteiger partial charge in [0.15, 0.2) is 0 Å². The van der Waals surface area contributed by atoms with Gasteiger partial charge in [-0.1, -0.05) is 83.7 Å². The fourth-order valence-corrected chi connectivity index (χ4v) is 12.0. The molecule has 5 heteroatoms. The SMILES string of the molecule is CCC1c2ccccc2-c2ccc(S(=O)(=O)O)c(P(C3CCCCC3)C3CCCCC3)c21. The summed E-state index contributed by atoms with van der Waals surface area (Å²) in [4.78, 5) is 0.213. The number of rotatable bonds is 5. The minimum atomic E-state index is -4.28. The molecule has 1 atom stereocenters. The van der Waals surface area contributed by atoms with Crippen LogP contribution in [0.15, 0.2) is 41.3 Å². The predicted octanol–water partition coefficient (Wildman–Crippen LogP) is 7.23. The third-order valence-electron chi connectivity index (χ3n) is 8.04. The Kier molecular flexibility index (Phi) is 6.49. The van der Waals surface area contributed by atoms with Gasteiger partial charge in [-0.3, -0.25) is 4.55 Å². The van der Waals surface area contributed by atoms with E-state index in [1.807, 2.05) is 6.07 Å². The van der Waals surface area contributed by atoms with Crippen LogP contribution in [0, 0.1) is 0 Å². The van der Waals surface area contributed by atoms with Crippen molar-refractivity contribution in [2.24, 2.45) is 0 Å². The summed E-state index contributed by atoms with van der Waals surface area (Å²) in [5, 5.41) is 1.04. The average Bonchev–Trinajstić information content (AvgIpc) is 3.14. The largest absolute Gasteiger partial charge is 0.295 e. The molecule has 0 saturated heterocycles. The molecule has 32 heavy (non-hydrogen) atoms. The molecule has 172 valence electrons. The number of benzene rings is 2. The summed E-state index contributed by atoms with van der Waals surface area (Å²) in [6.45, 7) is 2.21. The van der Waals surface area contributed by atoms with Gasteiger partial charge < -0.3 is 0 Å². The first-order valence-corrected chi connectivity index (χ1v) is 15.4. The predicted molar refractivity (Wildman–Crippen MR) is 134 cm³/mol. The van der Waals surface area contributed by atoms with E-state index in [1.165, 1.54) is 86.5 Å². The lowest BCUT2D eigenvalue weighted by molar-refractivity contribution is 0.482. The lowest BCUT2D eigenvalue weighted by atomic mass is 9.94. The van der Waals surface area contributed by atoms with Crippen LogP contribution in [-0.4, -0.2) is 24.3 Å². The second-order valence-corrected chi connectivity index (χ2v) is 14.0. The van der Waals surface area contributed by atoms with Crippen molar-refractivity contribution >= 4 is 23.3 Å². The molecule has 3 aliphatic rings. The normalized spacial score (nSPS) is 22.2. The van der Waals surface area contributed by atoms with Gasteiger partial charge in [0, 0.05) is 11.2 Å². The zero-order chi connectivity index (χ0) is 22.3. The van der Waals surface area contributed by atoms with Crippen molar-refractivity contribution in [1.82, 2.24) is 0 Å². The minimum Gasteiger partial charge on any atom is -0.282 e. The van der Waals surface area contributed by atoms with Crippen molar-refractivity contribution in [1.29, 1.82) is 0 Å². The summed E-state index contributed by atoms with van der Waals surface area (Å²) in [6.07, 6.45) is 13.4. The van der Waals surface area contributed by atoms with Crippen LogP contribution in [0.3, 0.4) is 0 Å². The maximum atomic E-state index is 12.8. The Morgan fingerprint density at radius 2 is 1.44 bits per heavy atom. The van der Waals surface area contributed by atoms with Crippen molar-refractivity contribution in [2.75, 3.05) is 0 Å². The second kappa shape index (κ2) is 9.20. The number of hydrogen-bond donors (Lipinski definition) is 1. The molecule has 0 aliphatic heterocycles. The first kappa shape index (κ1) is 22.6. The van der Waals surface area contributed by atoms with Crippen LogP contribution in [0.5, 0.6) is 0 Å². The summed E-state index contributed by atoms with van der Waals surface area (Å²) in [7, 11) is -4.93. The molecule has 5 rings (SSSR count). The van der Waals surface area contributed by atoms with Crippen molar-refractivity contribution < 1.29 is 13.0 Å². The van der Waals surface area contributed by atoms with E-state index in [9.17, 15) is 13.0 Å². The van der Waals surface area contributed by atoms with Crippen LogP contribution < -0.4 is 5.30 Å². The molecule has 0 spiro atoms. The molecule has 2 aromatic rings. The molecule has 1 unspecified atom stereocenters. The summed E-state index contributed by atoms with van der Waals surface area (Å²) < 4.78 is 35.9. The Labute approximate surface area is 194 Å². The van der Waals surface area contributed by atoms with E-state index in [0.717, 1.165) is 11.7 Å². The van der Waals surface area contributed by atoms with Gasteiger partial charge in [0.05, 0.1) is 0 Å². The van der Waals surface area contributed by atoms with Gasteiger partial charge in [-0.25, -0.2) is 0 Å². The molecular formula is C27H35O3PS. The van der Waals surface area contributed by atoms with Crippen molar-refractivity contribution in [3.8, 4) is 11.1 Å². The fraction of sp³-hybridized carbons (Fsp3) is 0.556. The summed E-state index contributed by atoms with van der Waals surface area (Å²) >= 11 is 0. The van der Waals surface area contributed by atoms with Crippen LogP contribution in [0.4, 0.5) is 0 Å². The van der Waals surface area contributed by atoms with Gasteiger partial charge in [0.2, 0.25) is 0 Å². The summed E-state index contributed by atoms with van der Waals surface area (Å²) in [6, 6.07) is 12.3. The fourth-order valence-electron chi connectivity index (χ4n) is 6.66. The van der Waals surface area contributed by atoms with Crippen LogP contribution in [0.1, 0.15) is 94.6 Å². The zero-order valence-electron chi connectivity index (χ0n) is 19.1. The molecule has 0 radical (unpaired) electrons. The first-order valence-electron chi connectivity index (χ1n) is 12.5. The van der Waals surface area contributed by atoms with Gasteiger partial charge in [-0.2, -0.15) is 8.42 Å². The van der Waals surface area contributed by atoms with Gasteiger partial charge in [-0.05, 0) is 71.7 Å². The highest BCUT2D eigenvalue weighted by Gasteiger charge is 2.41. The topological polar surface area (TPSA) is 54.4 Å². The Bertz CT molecular complexity index is 1060. The molecule has 0 bridgehead atoms. The van der Waals surface area contributed by atoms with E-state index in [0.29, 0.717) is 11.3 Å². The second-order valence-electron chi connectivity index (χ2n) is 9.89. The smallest absolute Gasteiger partial charge is 0.282 e. The van der Waals surface area contributed by atoms with Crippen LogP contribution in [0.25, 0.3) is 11.1 Å². The standard InChI is InChI=1S/C27H35O3PS/c1-2-21-22-15-9-10-16-23(22)24-17-18-25(32(28,29)30)27(26(21)24)31(19-11-5-3-6-12-19)20-13-7-4-8-14-20/h9-10,15-21H,2-8,11-14H2,1H3,(H,28,29,30). The molecule has 0 heterocycles. The van der Waals surface area contributed by atoms with E-state index in [4.69, 9.17) is 0 Å². The summed E-state index contributed by atoms with van der Waals surface area (Å²) in [5.41, 5.74) is 6.16. The minimum absolute atomic E-state index is 0.213. The highest BCUT2D eigenvalue weighted by molar-refractivity contribution is 7.86. The lowest BCUT2D eigenvalue weighted by Gasteiger charge is -2.40. The van der Waals surface area contributed by atoms with Crippen molar-refractivity contribution in [3.05, 3.63) is 47.5 Å². The maximum Gasteiger partial charge on any atom is 0.295 e. The highest BCUT2D eigenvalue weighted by Crippen LogP contribution is 2.59. The quantitative estimate of drug-likeness (QED) is 0.370. The van der Waals surface area contributed by atoms with Crippen molar-refractivity contribution in [3.63, 3.8) is 0 Å². The summed E-state index contributed by atoms with van der Waals surface area (Å²) in [5.74, 6) is 0.218. The van der Waals surface area contributed by atoms with Gasteiger partial charge in [0.1, 0.15) is 4.90 Å². The lowest BCUT2D eigenvalue weighted by Crippen LogP contribution is -2.31. The monoisotopic (exact) mass is 470 g/mol. The number of hydrogen-bond acceptors (Lipinski definition) is 2. The molecule has 1 N–H and O–H groups in total.